The Hall–Kier alpha value is -4.18. The van der Waals surface area contributed by atoms with Gasteiger partial charge in [0, 0.05) is 73.7 Å². The zero-order valence-corrected chi connectivity index (χ0v) is 40.1. The van der Waals surface area contributed by atoms with Gasteiger partial charge in [-0.1, -0.05) is 95.1 Å². The van der Waals surface area contributed by atoms with Crippen LogP contribution in [0.3, 0.4) is 0 Å². The van der Waals surface area contributed by atoms with E-state index in [0.29, 0.717) is 0 Å². The van der Waals surface area contributed by atoms with Crippen LogP contribution in [0, 0.1) is 39.3 Å². The van der Waals surface area contributed by atoms with Crippen molar-refractivity contribution in [2.45, 2.75) is 91.4 Å². The third kappa shape index (κ3) is 7.25. The van der Waals surface area contributed by atoms with Crippen molar-refractivity contribution in [3.63, 3.8) is 0 Å². The average molecular weight is 1120 g/mol. The van der Waals surface area contributed by atoms with Gasteiger partial charge in [-0.25, -0.2) is 0 Å². The molecule has 0 aromatic heterocycles. The molecule has 2 fully saturated rings. The number of nitrogens with zero attached hydrogens (tertiary/aromatic N) is 4. The van der Waals surface area contributed by atoms with Gasteiger partial charge in [-0.3, -0.25) is 0 Å². The van der Waals surface area contributed by atoms with E-state index in [1.54, 1.807) is 0 Å². The van der Waals surface area contributed by atoms with Crippen LogP contribution in [0.5, 0.6) is 0 Å². The molecule has 304 valence electrons. The van der Waals surface area contributed by atoms with E-state index in [0.717, 1.165) is 22.5 Å². The van der Waals surface area contributed by atoms with E-state index in [1.165, 1.54) is 44.8 Å². The molecule has 2 aliphatic rings. The molecular weight excluding hydrogens is 1070 g/mol. The maximum atomic E-state index is 3.72. The van der Waals surface area contributed by atoms with Gasteiger partial charge in [-0.15, -0.1) is 34.6 Å². The van der Waals surface area contributed by atoms with Crippen molar-refractivity contribution in [3.8, 4) is 33.4 Å². The topological polar surface area (TPSA) is 13.0 Å². The summed E-state index contributed by atoms with van der Waals surface area (Å²) in [5.41, 5.74) is 13.4. The molecule has 6 heteroatoms. The Bertz CT molecular complexity index is 2190. The van der Waals surface area contributed by atoms with Gasteiger partial charge in [0.05, 0.1) is 0 Å². The molecule has 58 heavy (non-hydrogen) atoms. The molecule has 0 spiro atoms. The molecule has 0 N–H and O–H groups in total. The Morgan fingerprint density at radius 1 is 0.414 bits per heavy atom. The standard InChI is InChI=1S/C52H54N4.2Ir/c1-37-32-38(2)34-41(33-37)48-46(39-24-28-44(29-25-39)55-35-53(42-18-13-11-14-19-42)49(3,4)51(55,7)8)22-17-23-47(48)40-26-30-45(31-27-40)56-36-54(43-20-15-12-16-21-43)50(5,6)52(56,9)10;;/h11-28,30,32-36H,1-10H3;;/q-4;;. The van der Waals surface area contributed by atoms with Crippen LogP contribution in [-0.4, -0.2) is 22.2 Å². The second-order valence-electron chi connectivity index (χ2n) is 17.6. The van der Waals surface area contributed by atoms with Gasteiger partial charge in [0.2, 0.25) is 0 Å². The first kappa shape index (κ1) is 43.4. The van der Waals surface area contributed by atoms with Crippen LogP contribution in [0.1, 0.15) is 66.5 Å². The minimum absolute atomic E-state index is 0. The molecule has 0 amide bonds. The molecule has 0 unspecified atom stereocenters. The van der Waals surface area contributed by atoms with E-state index in [-0.39, 0.29) is 62.4 Å². The second kappa shape index (κ2) is 16.1. The van der Waals surface area contributed by atoms with Crippen molar-refractivity contribution in [1.29, 1.82) is 0 Å². The van der Waals surface area contributed by atoms with Crippen molar-refractivity contribution >= 4 is 22.7 Å². The summed E-state index contributed by atoms with van der Waals surface area (Å²) < 4.78 is 0. The zero-order chi connectivity index (χ0) is 39.6. The summed E-state index contributed by atoms with van der Waals surface area (Å²) in [7, 11) is 0. The first-order valence-corrected chi connectivity index (χ1v) is 19.8. The summed E-state index contributed by atoms with van der Waals surface area (Å²) >= 11 is 0. The number of anilines is 4. The van der Waals surface area contributed by atoms with E-state index in [1.807, 2.05) is 0 Å². The van der Waals surface area contributed by atoms with Crippen LogP contribution in [0.25, 0.3) is 33.4 Å². The smallest absolute Gasteiger partial charge is 0.0281 e. The molecule has 2 heterocycles. The molecule has 2 radical (unpaired) electrons. The van der Waals surface area contributed by atoms with E-state index in [4.69, 9.17) is 0 Å². The third-order valence-electron chi connectivity index (χ3n) is 13.2. The summed E-state index contributed by atoms with van der Waals surface area (Å²) in [6, 6.07) is 55.7. The fourth-order valence-electron chi connectivity index (χ4n) is 8.60. The van der Waals surface area contributed by atoms with Gasteiger partial charge in [0.25, 0.3) is 0 Å². The van der Waals surface area contributed by atoms with Crippen LogP contribution in [0.2, 0.25) is 0 Å². The quantitative estimate of drug-likeness (QED) is 0.148. The van der Waals surface area contributed by atoms with Gasteiger partial charge >= 0.3 is 0 Å². The second-order valence-corrected chi connectivity index (χ2v) is 17.6. The van der Waals surface area contributed by atoms with Crippen LogP contribution in [-0.2, 0) is 40.2 Å². The molecule has 2 saturated heterocycles. The van der Waals surface area contributed by atoms with Gasteiger partial charge in [-0.05, 0) is 105 Å². The molecule has 8 rings (SSSR count). The van der Waals surface area contributed by atoms with Crippen molar-refractivity contribution in [2.24, 2.45) is 0 Å². The maximum Gasteiger partial charge on any atom is 0.0281 e. The summed E-state index contributed by atoms with van der Waals surface area (Å²) in [6.45, 7) is 27.4. The minimum atomic E-state index is -0.189. The summed E-state index contributed by atoms with van der Waals surface area (Å²) in [5, 5.41) is 0. The summed E-state index contributed by atoms with van der Waals surface area (Å²) in [5.74, 6) is 0. The zero-order valence-electron chi connectivity index (χ0n) is 35.3. The average Bonchev–Trinajstić information content (AvgIpc) is 3.49. The maximum absolute atomic E-state index is 3.72. The van der Waals surface area contributed by atoms with E-state index in [9.17, 15) is 0 Å². The van der Waals surface area contributed by atoms with Crippen LogP contribution in [0.15, 0.2) is 133 Å². The van der Waals surface area contributed by atoms with Crippen molar-refractivity contribution in [1.82, 2.24) is 0 Å². The van der Waals surface area contributed by atoms with Gasteiger partial charge < -0.3 is 19.6 Å². The van der Waals surface area contributed by atoms with Crippen LogP contribution in [0.4, 0.5) is 22.7 Å². The summed E-state index contributed by atoms with van der Waals surface area (Å²) in [6.07, 6.45) is 0. The number of benzene rings is 6. The van der Waals surface area contributed by atoms with Crippen molar-refractivity contribution in [2.75, 3.05) is 19.6 Å². The van der Waals surface area contributed by atoms with E-state index >= 15 is 0 Å². The van der Waals surface area contributed by atoms with Gasteiger partial charge in [-0.2, -0.15) is 49.7 Å². The largest absolute Gasteiger partial charge is 0.517 e. The van der Waals surface area contributed by atoms with Crippen LogP contribution >= 0.6 is 0 Å². The van der Waals surface area contributed by atoms with Crippen LogP contribution < -0.4 is 19.6 Å². The predicted octanol–water partition coefficient (Wildman–Crippen LogP) is 12.9. The SMILES string of the molecule is Cc1cc(C)cc(-c2c(-c3c[c-]c(N4[CH-]N(c5ccccc5)C(C)(C)C4(C)C)cc3)cccc2-c2c[c-]c(N3[CH-]N(c4ccccc4)C(C)(C)C3(C)C)cc2)c1.[Ir].[Ir]. The molecule has 0 saturated carbocycles. The molecule has 0 bridgehead atoms. The molecule has 4 nitrogen and oxygen atoms in total. The molecule has 0 atom stereocenters. The number of hydrogen-bond acceptors (Lipinski definition) is 4. The molecular formula is C52H54Ir2N4-4. The Kier molecular flexibility index (Phi) is 12.1. The first-order chi connectivity index (χ1) is 26.6. The van der Waals surface area contributed by atoms with E-state index < -0.39 is 0 Å². The third-order valence-corrected chi connectivity index (χ3v) is 13.2. The molecule has 0 aliphatic carbocycles. The Morgan fingerprint density at radius 2 is 0.793 bits per heavy atom. The monoisotopic (exact) mass is 1120 g/mol. The summed E-state index contributed by atoms with van der Waals surface area (Å²) in [4.78, 5) is 9.53. The Balaban J connectivity index is 0.00000283. The van der Waals surface area contributed by atoms with Crippen molar-refractivity contribution < 1.29 is 40.2 Å². The minimum Gasteiger partial charge on any atom is -0.517 e. The number of aryl methyl sites for hydroxylation is 2. The predicted molar refractivity (Wildman–Crippen MR) is 238 cm³/mol. The van der Waals surface area contributed by atoms with Gasteiger partial charge in [0.15, 0.2) is 0 Å². The fourth-order valence-corrected chi connectivity index (χ4v) is 8.60. The number of para-hydroxylation sites is 2. The van der Waals surface area contributed by atoms with E-state index in [2.05, 4.69) is 248 Å². The van der Waals surface area contributed by atoms with Crippen molar-refractivity contribution in [3.05, 3.63) is 170 Å². The Morgan fingerprint density at radius 3 is 1.16 bits per heavy atom. The number of hydrogen-bond donors (Lipinski definition) is 0. The fraction of sp³-hybridized carbons (Fsp3) is 0.269. The van der Waals surface area contributed by atoms with Gasteiger partial charge in [0.1, 0.15) is 0 Å². The Labute approximate surface area is 375 Å². The molecule has 2 aliphatic heterocycles. The number of rotatable bonds is 7. The molecule has 6 aromatic rings. The molecule has 6 aromatic carbocycles. The first-order valence-electron chi connectivity index (χ1n) is 19.8. The normalized spacial score (nSPS) is 17.5.